The normalized spacial score (nSPS) is 13.0. The van der Waals surface area contributed by atoms with Crippen LogP contribution in [0.25, 0.3) is 0 Å². The first-order chi connectivity index (χ1) is 14.9. The van der Waals surface area contributed by atoms with Gasteiger partial charge in [-0.2, -0.15) is 0 Å². The minimum absolute atomic E-state index is 0.0636. The number of nitrogens with zero attached hydrogens (tertiary/aromatic N) is 1. The molecular formula is C16H28N8O8. The average Bonchev–Trinajstić information content (AvgIpc) is 2.67. The third kappa shape index (κ3) is 11.9. The lowest BCUT2D eigenvalue weighted by Crippen LogP contribution is -2.56. The van der Waals surface area contributed by atoms with E-state index in [4.69, 9.17) is 33.1 Å². The summed E-state index contributed by atoms with van der Waals surface area (Å²) in [6, 6.07) is -4.60. The van der Waals surface area contributed by atoms with E-state index in [1.807, 2.05) is 0 Å². The fourth-order valence-corrected chi connectivity index (χ4v) is 2.36. The molecule has 180 valence electrons. The molecule has 0 aliphatic heterocycles. The SMILES string of the molecule is NCC(=O)NC(CC(=O)O)C(=O)NC(CCCN=C(N)N)C(=O)NC(CC(N)=O)C(=O)O. The summed E-state index contributed by atoms with van der Waals surface area (Å²) in [5.41, 5.74) is 20.5. The van der Waals surface area contributed by atoms with Crippen LogP contribution in [0.15, 0.2) is 4.99 Å². The first-order valence-corrected chi connectivity index (χ1v) is 9.25. The summed E-state index contributed by atoms with van der Waals surface area (Å²) in [5.74, 6) is -6.99. The number of carbonyl (C=O) groups is 6. The molecule has 32 heavy (non-hydrogen) atoms. The van der Waals surface area contributed by atoms with E-state index in [0.29, 0.717) is 0 Å². The first kappa shape index (κ1) is 28.0. The summed E-state index contributed by atoms with van der Waals surface area (Å²) >= 11 is 0. The second-order valence-electron chi connectivity index (χ2n) is 6.50. The van der Waals surface area contributed by atoms with E-state index < -0.39 is 73.1 Å². The maximum Gasteiger partial charge on any atom is 0.326 e. The fraction of sp³-hybridized carbons (Fsp3) is 0.562. The van der Waals surface area contributed by atoms with Crippen LogP contribution in [0.4, 0.5) is 0 Å². The van der Waals surface area contributed by atoms with Gasteiger partial charge in [-0.25, -0.2) is 4.79 Å². The molecule has 0 aliphatic rings. The van der Waals surface area contributed by atoms with E-state index in [1.54, 1.807) is 0 Å². The quantitative estimate of drug-likeness (QED) is 0.0632. The smallest absolute Gasteiger partial charge is 0.326 e. The van der Waals surface area contributed by atoms with E-state index in [-0.39, 0.29) is 25.3 Å². The fourth-order valence-electron chi connectivity index (χ4n) is 2.36. The number of primary amides is 1. The molecule has 0 heterocycles. The van der Waals surface area contributed by atoms with Crippen molar-refractivity contribution >= 4 is 41.5 Å². The predicted molar refractivity (Wildman–Crippen MR) is 108 cm³/mol. The van der Waals surface area contributed by atoms with Gasteiger partial charge in [0, 0.05) is 6.54 Å². The van der Waals surface area contributed by atoms with Crippen LogP contribution in [0.5, 0.6) is 0 Å². The molecule has 4 amide bonds. The number of nitrogens with two attached hydrogens (primary N) is 4. The van der Waals surface area contributed by atoms with E-state index in [2.05, 4.69) is 20.9 Å². The Morgan fingerprint density at radius 1 is 0.812 bits per heavy atom. The lowest BCUT2D eigenvalue weighted by atomic mass is 10.1. The van der Waals surface area contributed by atoms with Crippen molar-refractivity contribution in [2.45, 2.75) is 43.8 Å². The molecular weight excluding hydrogens is 432 g/mol. The summed E-state index contributed by atoms with van der Waals surface area (Å²) in [5, 5.41) is 24.5. The maximum atomic E-state index is 12.6. The van der Waals surface area contributed by atoms with Crippen molar-refractivity contribution in [3.05, 3.63) is 0 Å². The highest BCUT2D eigenvalue weighted by molar-refractivity contribution is 5.95. The average molecular weight is 460 g/mol. The van der Waals surface area contributed by atoms with E-state index in [9.17, 15) is 28.8 Å². The molecule has 0 saturated heterocycles. The zero-order valence-electron chi connectivity index (χ0n) is 17.1. The highest BCUT2D eigenvalue weighted by Crippen LogP contribution is 2.03. The molecule has 0 aromatic carbocycles. The molecule has 0 fully saturated rings. The lowest BCUT2D eigenvalue weighted by Gasteiger charge is -2.23. The van der Waals surface area contributed by atoms with Gasteiger partial charge in [-0.15, -0.1) is 0 Å². The summed E-state index contributed by atoms with van der Waals surface area (Å²) in [6.45, 7) is -0.451. The van der Waals surface area contributed by atoms with Gasteiger partial charge in [-0.1, -0.05) is 0 Å². The number of hydrogen-bond donors (Lipinski definition) is 9. The van der Waals surface area contributed by atoms with Gasteiger partial charge >= 0.3 is 11.9 Å². The standard InChI is InChI=1S/C16H28N8O8/c17-6-11(26)22-8(5-12(27)28)14(30)23-7(2-1-3-21-16(19)20)13(29)24-9(15(31)32)4-10(18)25/h7-9H,1-6,17H2,(H2,18,25)(H,22,26)(H,23,30)(H,24,29)(H,27,28)(H,31,32)(H4,19,20,21). The Kier molecular flexibility index (Phi) is 12.4. The molecule has 0 aromatic heterocycles. The van der Waals surface area contributed by atoms with Gasteiger partial charge in [0.1, 0.15) is 18.1 Å². The summed E-state index contributed by atoms with van der Waals surface area (Å²) in [6.07, 6.45) is -1.45. The second kappa shape index (κ2) is 14.1. The molecule has 0 rings (SSSR count). The van der Waals surface area contributed by atoms with Crippen LogP contribution in [0.2, 0.25) is 0 Å². The van der Waals surface area contributed by atoms with Crippen molar-refractivity contribution in [3.8, 4) is 0 Å². The van der Waals surface area contributed by atoms with Gasteiger partial charge in [0.25, 0.3) is 0 Å². The molecule has 0 aliphatic carbocycles. The maximum absolute atomic E-state index is 12.6. The Labute approximate surface area is 182 Å². The lowest BCUT2D eigenvalue weighted by molar-refractivity contribution is -0.144. The number of rotatable bonds is 15. The Morgan fingerprint density at radius 2 is 1.38 bits per heavy atom. The largest absolute Gasteiger partial charge is 0.481 e. The van der Waals surface area contributed by atoms with Crippen molar-refractivity contribution < 1.29 is 39.0 Å². The number of aliphatic imine (C=N–C) groups is 1. The molecule has 0 radical (unpaired) electrons. The second-order valence-corrected chi connectivity index (χ2v) is 6.50. The van der Waals surface area contributed by atoms with Gasteiger partial charge in [-0.3, -0.25) is 29.0 Å². The molecule has 0 saturated carbocycles. The number of guanidine groups is 1. The van der Waals surface area contributed by atoms with Crippen molar-refractivity contribution in [2.24, 2.45) is 27.9 Å². The molecule has 3 atom stereocenters. The van der Waals surface area contributed by atoms with E-state index in [1.165, 1.54) is 0 Å². The third-order valence-corrected chi connectivity index (χ3v) is 3.81. The van der Waals surface area contributed by atoms with Crippen molar-refractivity contribution in [1.82, 2.24) is 16.0 Å². The van der Waals surface area contributed by atoms with E-state index in [0.717, 1.165) is 0 Å². The minimum atomic E-state index is -1.66. The van der Waals surface area contributed by atoms with Crippen LogP contribution in [0, 0.1) is 0 Å². The molecule has 13 N–H and O–H groups in total. The topological polar surface area (TPSA) is 295 Å². The molecule has 16 heteroatoms. The number of nitrogens with one attached hydrogen (secondary N) is 3. The van der Waals surface area contributed by atoms with E-state index >= 15 is 0 Å². The number of carboxylic acid groups (broad SMARTS) is 2. The molecule has 0 spiro atoms. The molecule has 0 bridgehead atoms. The Bertz CT molecular complexity index is 752. The van der Waals surface area contributed by atoms with Crippen LogP contribution in [0.3, 0.4) is 0 Å². The third-order valence-electron chi connectivity index (χ3n) is 3.81. The van der Waals surface area contributed by atoms with Gasteiger partial charge in [0.2, 0.25) is 23.6 Å². The van der Waals surface area contributed by atoms with Gasteiger partial charge < -0.3 is 49.1 Å². The van der Waals surface area contributed by atoms with Crippen LogP contribution in [-0.2, 0) is 28.8 Å². The van der Waals surface area contributed by atoms with Crippen LogP contribution in [0.1, 0.15) is 25.7 Å². The zero-order valence-corrected chi connectivity index (χ0v) is 17.1. The van der Waals surface area contributed by atoms with Crippen molar-refractivity contribution in [2.75, 3.05) is 13.1 Å². The van der Waals surface area contributed by atoms with Crippen molar-refractivity contribution in [1.29, 1.82) is 0 Å². The van der Waals surface area contributed by atoms with Crippen LogP contribution < -0.4 is 38.9 Å². The van der Waals surface area contributed by atoms with Crippen LogP contribution in [-0.4, -0.2) is 83.0 Å². The van der Waals surface area contributed by atoms with Crippen LogP contribution >= 0.6 is 0 Å². The molecule has 16 nitrogen and oxygen atoms in total. The molecule has 3 unspecified atom stereocenters. The number of amides is 4. The predicted octanol–water partition coefficient (Wildman–Crippen LogP) is -5.11. The Morgan fingerprint density at radius 3 is 1.84 bits per heavy atom. The first-order valence-electron chi connectivity index (χ1n) is 9.25. The zero-order chi connectivity index (χ0) is 24.8. The minimum Gasteiger partial charge on any atom is -0.481 e. The highest BCUT2D eigenvalue weighted by atomic mass is 16.4. The van der Waals surface area contributed by atoms with Gasteiger partial charge in [0.15, 0.2) is 5.96 Å². The molecule has 0 aromatic rings. The van der Waals surface area contributed by atoms with Gasteiger partial charge in [0.05, 0.1) is 19.4 Å². The highest BCUT2D eigenvalue weighted by Gasteiger charge is 2.30. The van der Waals surface area contributed by atoms with Crippen molar-refractivity contribution in [3.63, 3.8) is 0 Å². The number of carboxylic acids is 2. The van der Waals surface area contributed by atoms with Gasteiger partial charge in [-0.05, 0) is 12.8 Å². The summed E-state index contributed by atoms with van der Waals surface area (Å²) in [7, 11) is 0. The monoisotopic (exact) mass is 460 g/mol. The Hall–Kier alpha value is -3.95. The number of carbonyl (C=O) groups excluding carboxylic acids is 4. The summed E-state index contributed by atoms with van der Waals surface area (Å²) < 4.78 is 0. The Balaban J connectivity index is 5.52. The number of aliphatic carboxylic acids is 2. The number of hydrogen-bond acceptors (Lipinski definition) is 8. The summed E-state index contributed by atoms with van der Waals surface area (Å²) in [4.78, 5) is 73.6.